The van der Waals surface area contributed by atoms with Crippen molar-refractivity contribution in [1.29, 1.82) is 5.41 Å². The van der Waals surface area contributed by atoms with Crippen LogP contribution in [0.1, 0.15) is 17.5 Å². The minimum atomic E-state index is 0.134. The van der Waals surface area contributed by atoms with Crippen LogP contribution in [-0.2, 0) is 0 Å². The summed E-state index contributed by atoms with van der Waals surface area (Å²) < 4.78 is 0. The van der Waals surface area contributed by atoms with Gasteiger partial charge >= 0.3 is 0 Å². The number of aryl methyl sites for hydroxylation is 1. The molecule has 0 heterocycles. The van der Waals surface area contributed by atoms with Gasteiger partial charge in [-0.05, 0) is 57.7 Å². The van der Waals surface area contributed by atoms with Crippen LogP contribution in [-0.4, -0.2) is 45.0 Å². The molecular weight excluding hydrogens is 224 g/mol. The Morgan fingerprint density at radius 3 is 2.39 bits per heavy atom. The maximum Gasteiger partial charge on any atom is 0.123 e. The highest BCUT2D eigenvalue weighted by molar-refractivity contribution is 5.96. The number of amidine groups is 1. The molecule has 1 rings (SSSR count). The lowest BCUT2D eigenvalue weighted by Gasteiger charge is -2.21. The number of nitrogens with two attached hydrogens (primary N) is 1. The van der Waals surface area contributed by atoms with Crippen molar-refractivity contribution in [3.05, 3.63) is 29.3 Å². The zero-order valence-electron chi connectivity index (χ0n) is 11.8. The van der Waals surface area contributed by atoms with Crippen molar-refractivity contribution in [3.8, 4) is 0 Å². The number of nitrogens with zero attached hydrogens (tertiary/aromatic N) is 2. The highest BCUT2D eigenvalue weighted by atomic mass is 15.1. The lowest BCUT2D eigenvalue weighted by atomic mass is 10.1. The summed E-state index contributed by atoms with van der Waals surface area (Å²) in [6, 6.07) is 6.04. The summed E-state index contributed by atoms with van der Waals surface area (Å²) in [6.07, 6.45) is 1.14. The molecular formula is C14H24N4. The van der Waals surface area contributed by atoms with Gasteiger partial charge in [0.25, 0.3) is 0 Å². The van der Waals surface area contributed by atoms with Crippen molar-refractivity contribution in [2.24, 2.45) is 5.73 Å². The molecule has 4 heteroatoms. The second-order valence-electron chi connectivity index (χ2n) is 4.99. The van der Waals surface area contributed by atoms with E-state index >= 15 is 0 Å². The fraction of sp³-hybridized carbons (Fsp3) is 0.500. The monoisotopic (exact) mass is 248 g/mol. The molecule has 100 valence electrons. The first kappa shape index (κ1) is 14.5. The number of rotatable bonds is 6. The third-order valence-corrected chi connectivity index (χ3v) is 3.04. The average molecular weight is 248 g/mol. The van der Waals surface area contributed by atoms with Crippen LogP contribution < -0.4 is 10.6 Å². The van der Waals surface area contributed by atoms with E-state index in [4.69, 9.17) is 11.1 Å². The van der Waals surface area contributed by atoms with Gasteiger partial charge in [-0.3, -0.25) is 5.41 Å². The third kappa shape index (κ3) is 4.04. The quantitative estimate of drug-likeness (QED) is 0.595. The van der Waals surface area contributed by atoms with Crippen LogP contribution in [0.5, 0.6) is 0 Å². The Kier molecular flexibility index (Phi) is 5.16. The van der Waals surface area contributed by atoms with Gasteiger partial charge < -0.3 is 15.5 Å². The van der Waals surface area contributed by atoms with Crippen molar-refractivity contribution < 1.29 is 0 Å². The molecule has 0 saturated carbocycles. The fourth-order valence-electron chi connectivity index (χ4n) is 1.94. The van der Waals surface area contributed by atoms with Gasteiger partial charge in [-0.1, -0.05) is 0 Å². The van der Waals surface area contributed by atoms with E-state index in [1.807, 2.05) is 19.1 Å². The Labute approximate surface area is 110 Å². The van der Waals surface area contributed by atoms with Gasteiger partial charge in [0.1, 0.15) is 5.84 Å². The first-order valence-corrected chi connectivity index (χ1v) is 6.22. The average Bonchev–Trinajstić information content (AvgIpc) is 2.27. The van der Waals surface area contributed by atoms with Crippen molar-refractivity contribution in [3.63, 3.8) is 0 Å². The molecule has 3 N–H and O–H groups in total. The number of nitrogen functional groups attached to an aromatic ring is 1. The second kappa shape index (κ2) is 6.40. The SMILES string of the molecule is Cc1cc(N(C)CCCN(C)C)ccc1C(=N)N. The van der Waals surface area contributed by atoms with Crippen molar-refractivity contribution in [1.82, 2.24) is 4.90 Å². The van der Waals surface area contributed by atoms with Crippen LogP contribution >= 0.6 is 0 Å². The molecule has 0 aliphatic rings. The second-order valence-corrected chi connectivity index (χ2v) is 4.99. The van der Waals surface area contributed by atoms with Crippen molar-refractivity contribution in [2.45, 2.75) is 13.3 Å². The number of hydrogen-bond acceptors (Lipinski definition) is 3. The molecule has 18 heavy (non-hydrogen) atoms. The topological polar surface area (TPSA) is 56.4 Å². The Hall–Kier alpha value is -1.55. The molecule has 0 fully saturated rings. The number of anilines is 1. The molecule has 1 aromatic carbocycles. The summed E-state index contributed by atoms with van der Waals surface area (Å²) >= 11 is 0. The van der Waals surface area contributed by atoms with Crippen LogP contribution in [0.4, 0.5) is 5.69 Å². The van der Waals surface area contributed by atoms with Crippen molar-refractivity contribution >= 4 is 11.5 Å². The largest absolute Gasteiger partial charge is 0.384 e. The molecule has 0 aromatic heterocycles. The van der Waals surface area contributed by atoms with E-state index in [1.54, 1.807) is 0 Å². The summed E-state index contributed by atoms with van der Waals surface area (Å²) in [6.45, 7) is 4.11. The molecule has 4 nitrogen and oxygen atoms in total. The zero-order valence-corrected chi connectivity index (χ0v) is 11.8. The molecule has 0 spiro atoms. The lowest BCUT2D eigenvalue weighted by molar-refractivity contribution is 0.401. The molecule has 0 bridgehead atoms. The number of nitrogens with one attached hydrogen (secondary N) is 1. The number of hydrogen-bond donors (Lipinski definition) is 2. The van der Waals surface area contributed by atoms with E-state index in [0.717, 1.165) is 30.6 Å². The van der Waals surface area contributed by atoms with E-state index in [1.165, 1.54) is 5.69 Å². The Morgan fingerprint density at radius 1 is 1.22 bits per heavy atom. The maximum absolute atomic E-state index is 7.47. The van der Waals surface area contributed by atoms with Gasteiger partial charge in [0, 0.05) is 24.8 Å². The lowest BCUT2D eigenvalue weighted by Crippen LogP contribution is -2.23. The van der Waals surface area contributed by atoms with Gasteiger partial charge in [0.15, 0.2) is 0 Å². The van der Waals surface area contributed by atoms with Gasteiger partial charge in [0.2, 0.25) is 0 Å². The summed E-state index contributed by atoms with van der Waals surface area (Å²) in [5, 5.41) is 7.47. The minimum Gasteiger partial charge on any atom is -0.384 e. The standard InChI is InChI=1S/C14H24N4/c1-11-10-12(6-7-13(11)14(15)16)18(4)9-5-8-17(2)3/h6-7,10H,5,8-9H2,1-4H3,(H3,15,16). The molecule has 0 radical (unpaired) electrons. The first-order chi connectivity index (χ1) is 8.41. The summed E-state index contributed by atoms with van der Waals surface area (Å²) in [4.78, 5) is 4.43. The Morgan fingerprint density at radius 2 is 1.89 bits per heavy atom. The van der Waals surface area contributed by atoms with Gasteiger partial charge in [0.05, 0.1) is 0 Å². The van der Waals surface area contributed by atoms with Crippen LogP contribution in [0.15, 0.2) is 18.2 Å². The van der Waals surface area contributed by atoms with Crippen LogP contribution in [0.25, 0.3) is 0 Å². The molecule has 0 aliphatic heterocycles. The molecule has 0 atom stereocenters. The summed E-state index contributed by atoms with van der Waals surface area (Å²) in [5.74, 6) is 0.134. The predicted molar refractivity (Wildman–Crippen MR) is 78.6 cm³/mol. The summed E-state index contributed by atoms with van der Waals surface area (Å²) in [5.41, 5.74) is 8.57. The van der Waals surface area contributed by atoms with Gasteiger partial charge in [-0.2, -0.15) is 0 Å². The van der Waals surface area contributed by atoms with Crippen LogP contribution in [0.2, 0.25) is 0 Å². The summed E-state index contributed by atoms with van der Waals surface area (Å²) in [7, 11) is 6.27. The molecule has 0 unspecified atom stereocenters. The predicted octanol–water partition coefficient (Wildman–Crippen LogP) is 1.67. The highest BCUT2D eigenvalue weighted by Gasteiger charge is 2.06. The highest BCUT2D eigenvalue weighted by Crippen LogP contribution is 2.18. The molecule has 0 aliphatic carbocycles. The van der Waals surface area contributed by atoms with Crippen LogP contribution in [0.3, 0.4) is 0 Å². The van der Waals surface area contributed by atoms with E-state index in [-0.39, 0.29) is 5.84 Å². The third-order valence-electron chi connectivity index (χ3n) is 3.04. The first-order valence-electron chi connectivity index (χ1n) is 6.22. The van der Waals surface area contributed by atoms with E-state index < -0.39 is 0 Å². The Bertz CT molecular complexity index is 412. The van der Waals surface area contributed by atoms with E-state index in [9.17, 15) is 0 Å². The molecule has 0 amide bonds. The van der Waals surface area contributed by atoms with Crippen molar-refractivity contribution in [2.75, 3.05) is 39.1 Å². The zero-order chi connectivity index (χ0) is 13.7. The molecule has 0 saturated heterocycles. The number of benzene rings is 1. The van der Waals surface area contributed by atoms with E-state index in [2.05, 4.69) is 37.0 Å². The van der Waals surface area contributed by atoms with Crippen LogP contribution in [0, 0.1) is 12.3 Å². The smallest absolute Gasteiger partial charge is 0.123 e. The van der Waals surface area contributed by atoms with Gasteiger partial charge in [-0.25, -0.2) is 0 Å². The van der Waals surface area contributed by atoms with E-state index in [0.29, 0.717) is 0 Å². The normalized spacial score (nSPS) is 10.7. The fourth-order valence-corrected chi connectivity index (χ4v) is 1.94. The van der Waals surface area contributed by atoms with Gasteiger partial charge in [-0.15, -0.1) is 0 Å². The molecule has 1 aromatic rings. The maximum atomic E-state index is 7.47. The minimum absolute atomic E-state index is 0.134. The Balaban J connectivity index is 2.66.